The van der Waals surface area contributed by atoms with Gasteiger partial charge in [-0.1, -0.05) is 12.1 Å². The Balaban J connectivity index is 1.41. The Morgan fingerprint density at radius 1 is 1.23 bits per heavy atom. The zero-order chi connectivity index (χ0) is 15.0. The number of hydrogen-bond acceptors (Lipinski definition) is 6. The van der Waals surface area contributed by atoms with Crippen molar-refractivity contribution in [1.29, 1.82) is 0 Å². The molecule has 2 saturated heterocycles. The first kappa shape index (κ1) is 14.4. The van der Waals surface area contributed by atoms with E-state index in [1.54, 1.807) is 11.5 Å². The van der Waals surface area contributed by atoms with Crippen molar-refractivity contribution in [2.24, 2.45) is 0 Å². The predicted molar refractivity (Wildman–Crippen MR) is 90.7 cm³/mol. The van der Waals surface area contributed by atoms with Gasteiger partial charge in [0.2, 0.25) is 0 Å². The van der Waals surface area contributed by atoms with E-state index in [1.807, 2.05) is 0 Å². The molecule has 0 aliphatic carbocycles. The average molecular weight is 318 g/mol. The highest BCUT2D eigenvalue weighted by molar-refractivity contribution is 7.13. The van der Waals surface area contributed by atoms with Gasteiger partial charge >= 0.3 is 0 Å². The number of aliphatic hydroxyl groups is 1. The molecule has 1 aromatic heterocycles. The van der Waals surface area contributed by atoms with Crippen molar-refractivity contribution in [3.05, 3.63) is 24.3 Å². The number of anilines is 1. The number of piperazine rings is 1. The molecule has 4 rings (SSSR count). The lowest BCUT2D eigenvalue weighted by Crippen LogP contribution is -2.52. The van der Waals surface area contributed by atoms with Crippen LogP contribution in [0, 0.1) is 0 Å². The van der Waals surface area contributed by atoms with Crippen LogP contribution in [0.15, 0.2) is 24.3 Å². The normalized spacial score (nSPS) is 26.9. The molecule has 0 unspecified atom stereocenters. The van der Waals surface area contributed by atoms with Gasteiger partial charge in [0.1, 0.15) is 5.82 Å². The molecule has 1 aromatic carbocycles. The molecular weight excluding hydrogens is 296 g/mol. The van der Waals surface area contributed by atoms with Crippen molar-refractivity contribution in [3.63, 3.8) is 0 Å². The van der Waals surface area contributed by atoms with Gasteiger partial charge in [-0.2, -0.15) is 4.37 Å². The first-order valence-electron chi connectivity index (χ1n) is 7.98. The Kier molecular flexibility index (Phi) is 3.78. The number of β-amino-alcohol motifs (C(OH)–C–C–N with tert-alkyl or cyclic N) is 1. The summed E-state index contributed by atoms with van der Waals surface area (Å²) < 4.78 is 5.91. The molecule has 0 spiro atoms. The third-order valence-corrected chi connectivity index (χ3v) is 5.59. The summed E-state index contributed by atoms with van der Waals surface area (Å²) in [6.07, 6.45) is 0.865. The van der Waals surface area contributed by atoms with E-state index in [4.69, 9.17) is 0 Å². The second kappa shape index (κ2) is 5.77. The molecule has 5 nitrogen and oxygen atoms in total. The molecule has 2 fully saturated rings. The Hall–Kier alpha value is -1.21. The number of nitrogens with zero attached hydrogens (tertiary/aromatic N) is 3. The maximum absolute atomic E-state index is 10.5. The maximum atomic E-state index is 10.5. The summed E-state index contributed by atoms with van der Waals surface area (Å²) in [5.41, 5.74) is -0.532. The molecular formula is C16H22N4OS. The molecule has 22 heavy (non-hydrogen) atoms. The minimum Gasteiger partial charge on any atom is -0.387 e. The number of aromatic nitrogens is 1. The smallest absolute Gasteiger partial charge is 0.150 e. The highest BCUT2D eigenvalue weighted by Gasteiger charge is 2.34. The van der Waals surface area contributed by atoms with Gasteiger partial charge in [-0.3, -0.25) is 4.90 Å². The minimum atomic E-state index is -0.532. The lowest BCUT2D eigenvalue weighted by Gasteiger charge is -2.38. The van der Waals surface area contributed by atoms with Crippen molar-refractivity contribution in [2.45, 2.75) is 12.0 Å². The quantitative estimate of drug-likeness (QED) is 0.889. The van der Waals surface area contributed by atoms with Crippen molar-refractivity contribution < 1.29 is 5.11 Å². The molecule has 0 bridgehead atoms. The first-order chi connectivity index (χ1) is 10.7. The molecule has 2 aliphatic rings. The summed E-state index contributed by atoms with van der Waals surface area (Å²) in [7, 11) is 0. The molecule has 0 amide bonds. The second-order valence-electron chi connectivity index (χ2n) is 6.42. The van der Waals surface area contributed by atoms with Crippen LogP contribution >= 0.6 is 11.5 Å². The van der Waals surface area contributed by atoms with Crippen molar-refractivity contribution >= 4 is 27.4 Å². The second-order valence-corrected chi connectivity index (χ2v) is 7.22. The van der Waals surface area contributed by atoms with Crippen molar-refractivity contribution in [3.8, 4) is 0 Å². The molecule has 2 aromatic rings. The molecule has 6 heteroatoms. The number of hydrogen-bond donors (Lipinski definition) is 2. The van der Waals surface area contributed by atoms with Crippen LogP contribution in [0.25, 0.3) is 10.1 Å². The minimum absolute atomic E-state index is 0.532. The van der Waals surface area contributed by atoms with Crippen LogP contribution in [0.2, 0.25) is 0 Å². The number of nitrogens with one attached hydrogen (secondary N) is 1. The first-order valence-corrected chi connectivity index (χ1v) is 8.76. The van der Waals surface area contributed by atoms with E-state index < -0.39 is 5.60 Å². The van der Waals surface area contributed by atoms with E-state index in [1.165, 1.54) is 10.1 Å². The van der Waals surface area contributed by atoms with Gasteiger partial charge in [0, 0.05) is 44.7 Å². The maximum Gasteiger partial charge on any atom is 0.150 e. The zero-order valence-electron chi connectivity index (χ0n) is 12.7. The lowest BCUT2D eigenvalue weighted by atomic mass is 10.0. The van der Waals surface area contributed by atoms with E-state index in [0.717, 1.165) is 58.1 Å². The fraction of sp³-hybridized carbons (Fsp3) is 0.562. The van der Waals surface area contributed by atoms with Crippen LogP contribution in [-0.4, -0.2) is 65.8 Å². The molecule has 2 aliphatic heterocycles. The Labute approximate surface area is 134 Å². The van der Waals surface area contributed by atoms with Crippen LogP contribution in [-0.2, 0) is 0 Å². The predicted octanol–water partition coefficient (Wildman–Crippen LogP) is 1.14. The summed E-state index contributed by atoms with van der Waals surface area (Å²) in [6.45, 7) is 6.40. The zero-order valence-corrected chi connectivity index (χ0v) is 13.5. The fourth-order valence-electron chi connectivity index (χ4n) is 3.50. The Morgan fingerprint density at radius 2 is 2.05 bits per heavy atom. The highest BCUT2D eigenvalue weighted by atomic mass is 32.1. The third-order valence-electron chi connectivity index (χ3n) is 4.77. The summed E-state index contributed by atoms with van der Waals surface area (Å²) in [5, 5.41) is 15.0. The summed E-state index contributed by atoms with van der Waals surface area (Å²) in [5.74, 6) is 1.13. The van der Waals surface area contributed by atoms with E-state index in [9.17, 15) is 5.11 Å². The monoisotopic (exact) mass is 318 g/mol. The third kappa shape index (κ3) is 2.72. The summed E-state index contributed by atoms with van der Waals surface area (Å²) in [4.78, 5) is 4.77. The number of rotatable bonds is 3. The number of benzene rings is 1. The van der Waals surface area contributed by atoms with E-state index >= 15 is 0 Å². The van der Waals surface area contributed by atoms with Crippen LogP contribution in [0.4, 0.5) is 5.82 Å². The van der Waals surface area contributed by atoms with E-state index in [2.05, 4.69) is 43.8 Å². The van der Waals surface area contributed by atoms with Gasteiger partial charge in [0.25, 0.3) is 0 Å². The van der Waals surface area contributed by atoms with Gasteiger partial charge in [0.05, 0.1) is 10.3 Å². The lowest BCUT2D eigenvalue weighted by molar-refractivity contribution is 0.0193. The Bertz CT molecular complexity index is 644. The SMILES string of the molecule is O[C@@]1(CN2CCN(c3nsc4ccccc34)CC2)CCNC1. The van der Waals surface area contributed by atoms with Crippen LogP contribution in [0.5, 0.6) is 0 Å². The van der Waals surface area contributed by atoms with Crippen LogP contribution in [0.3, 0.4) is 0 Å². The highest BCUT2D eigenvalue weighted by Crippen LogP contribution is 2.30. The molecule has 0 saturated carbocycles. The largest absolute Gasteiger partial charge is 0.387 e. The standard InChI is InChI=1S/C16H22N4OS/c21-16(5-6-17-11-16)12-19-7-9-20(10-8-19)15-13-3-1-2-4-14(13)22-18-15/h1-4,17,21H,5-12H2/t16-/m0/s1. The van der Waals surface area contributed by atoms with E-state index in [0.29, 0.717) is 0 Å². The summed E-state index contributed by atoms with van der Waals surface area (Å²) >= 11 is 1.58. The van der Waals surface area contributed by atoms with Crippen molar-refractivity contribution in [1.82, 2.24) is 14.6 Å². The average Bonchev–Trinajstić information content (AvgIpc) is 3.15. The van der Waals surface area contributed by atoms with E-state index in [-0.39, 0.29) is 0 Å². The van der Waals surface area contributed by atoms with Crippen LogP contribution < -0.4 is 10.2 Å². The topological polar surface area (TPSA) is 51.6 Å². The fourth-order valence-corrected chi connectivity index (χ4v) is 4.30. The summed E-state index contributed by atoms with van der Waals surface area (Å²) in [6, 6.07) is 8.44. The molecule has 118 valence electrons. The van der Waals surface area contributed by atoms with Crippen molar-refractivity contribution in [2.75, 3.05) is 50.7 Å². The Morgan fingerprint density at radius 3 is 2.82 bits per heavy atom. The van der Waals surface area contributed by atoms with Crippen LogP contribution in [0.1, 0.15) is 6.42 Å². The molecule has 2 N–H and O–H groups in total. The van der Waals surface area contributed by atoms with Gasteiger partial charge in [-0.05, 0) is 36.6 Å². The van der Waals surface area contributed by atoms with Gasteiger partial charge in [-0.15, -0.1) is 0 Å². The molecule has 0 radical (unpaired) electrons. The molecule has 3 heterocycles. The molecule has 1 atom stereocenters. The van der Waals surface area contributed by atoms with Gasteiger partial charge in [-0.25, -0.2) is 0 Å². The number of fused-ring (bicyclic) bond motifs is 1. The van der Waals surface area contributed by atoms with Gasteiger partial charge < -0.3 is 15.3 Å². The van der Waals surface area contributed by atoms with Gasteiger partial charge in [0.15, 0.2) is 0 Å².